The highest BCUT2D eigenvalue weighted by molar-refractivity contribution is 6.31. The van der Waals surface area contributed by atoms with Crippen molar-refractivity contribution in [3.63, 3.8) is 0 Å². The summed E-state index contributed by atoms with van der Waals surface area (Å²) in [5, 5.41) is 3.58. The zero-order valence-corrected chi connectivity index (χ0v) is 11.2. The molecule has 1 heterocycles. The van der Waals surface area contributed by atoms with Crippen molar-refractivity contribution in [1.82, 2.24) is 4.98 Å². The summed E-state index contributed by atoms with van der Waals surface area (Å²) in [4.78, 5) is 4.14. The number of pyridine rings is 1. The van der Waals surface area contributed by atoms with Crippen molar-refractivity contribution in [3.8, 4) is 5.88 Å². The molecule has 0 aliphatic heterocycles. The highest BCUT2D eigenvalue weighted by atomic mass is 35.5. The van der Waals surface area contributed by atoms with Crippen LogP contribution in [0.4, 0.5) is 10.1 Å². The summed E-state index contributed by atoms with van der Waals surface area (Å²) in [6, 6.07) is 8.02. The molecule has 0 atom stereocenters. The molecule has 0 unspecified atom stereocenters. The normalized spacial score (nSPS) is 10.3. The molecule has 0 bridgehead atoms. The third-order valence-corrected chi connectivity index (χ3v) is 2.89. The highest BCUT2D eigenvalue weighted by Crippen LogP contribution is 2.23. The van der Waals surface area contributed by atoms with E-state index in [-0.39, 0.29) is 5.82 Å². The summed E-state index contributed by atoms with van der Waals surface area (Å²) in [5.41, 5.74) is 1.60. The fraction of sp³-hybridized carbons (Fsp3) is 0.214. The van der Waals surface area contributed by atoms with Crippen molar-refractivity contribution in [2.24, 2.45) is 0 Å². The summed E-state index contributed by atoms with van der Waals surface area (Å²) >= 11 is 5.97. The number of anilines is 1. The minimum atomic E-state index is -0.342. The number of hydrogen-bond acceptors (Lipinski definition) is 3. The molecular formula is C14H14ClFN2O. The standard InChI is InChI=1S/C14H14ClFN2O/c1-2-19-14-13(4-3-7-17-14)18-9-10-5-6-11(16)8-12(10)15/h3-8,18H,2,9H2,1H3. The van der Waals surface area contributed by atoms with Gasteiger partial charge in [-0.15, -0.1) is 0 Å². The number of ether oxygens (including phenoxy) is 1. The summed E-state index contributed by atoms with van der Waals surface area (Å²) in [6.07, 6.45) is 1.67. The van der Waals surface area contributed by atoms with E-state index in [0.717, 1.165) is 11.3 Å². The van der Waals surface area contributed by atoms with Crippen LogP contribution in [0.3, 0.4) is 0 Å². The second-order valence-electron chi connectivity index (χ2n) is 3.88. The molecule has 5 heteroatoms. The summed E-state index contributed by atoms with van der Waals surface area (Å²) < 4.78 is 18.3. The Hall–Kier alpha value is -1.81. The lowest BCUT2D eigenvalue weighted by atomic mass is 10.2. The number of nitrogens with one attached hydrogen (secondary N) is 1. The minimum Gasteiger partial charge on any atom is -0.476 e. The van der Waals surface area contributed by atoms with Gasteiger partial charge in [0.25, 0.3) is 0 Å². The van der Waals surface area contributed by atoms with Crippen molar-refractivity contribution in [2.75, 3.05) is 11.9 Å². The van der Waals surface area contributed by atoms with Crippen LogP contribution in [0.5, 0.6) is 5.88 Å². The molecule has 0 spiro atoms. The zero-order valence-electron chi connectivity index (χ0n) is 10.5. The topological polar surface area (TPSA) is 34.1 Å². The number of nitrogens with zero attached hydrogens (tertiary/aromatic N) is 1. The van der Waals surface area contributed by atoms with Gasteiger partial charge in [0.15, 0.2) is 0 Å². The predicted molar refractivity (Wildman–Crippen MR) is 74.1 cm³/mol. The summed E-state index contributed by atoms with van der Waals surface area (Å²) in [6.45, 7) is 2.92. The van der Waals surface area contributed by atoms with Gasteiger partial charge in [0, 0.05) is 17.8 Å². The molecule has 0 saturated heterocycles. The first-order chi connectivity index (χ1) is 9.20. The molecule has 1 aromatic carbocycles. The molecule has 0 fully saturated rings. The van der Waals surface area contributed by atoms with Crippen LogP contribution in [-0.4, -0.2) is 11.6 Å². The van der Waals surface area contributed by atoms with Crippen LogP contribution in [0.25, 0.3) is 0 Å². The first-order valence-corrected chi connectivity index (χ1v) is 6.34. The molecule has 1 N–H and O–H groups in total. The van der Waals surface area contributed by atoms with Crippen molar-refractivity contribution in [2.45, 2.75) is 13.5 Å². The fourth-order valence-electron chi connectivity index (χ4n) is 1.63. The molecule has 0 aliphatic rings. The number of hydrogen-bond donors (Lipinski definition) is 1. The van der Waals surface area contributed by atoms with Gasteiger partial charge >= 0.3 is 0 Å². The van der Waals surface area contributed by atoms with Crippen molar-refractivity contribution >= 4 is 17.3 Å². The van der Waals surface area contributed by atoms with Gasteiger partial charge in [0.05, 0.1) is 12.3 Å². The van der Waals surface area contributed by atoms with Crippen LogP contribution in [0.2, 0.25) is 5.02 Å². The molecular weight excluding hydrogens is 267 g/mol. The number of benzene rings is 1. The van der Waals surface area contributed by atoms with Crippen LogP contribution >= 0.6 is 11.6 Å². The molecule has 2 aromatic rings. The second-order valence-corrected chi connectivity index (χ2v) is 4.29. The van der Waals surface area contributed by atoms with E-state index in [1.807, 2.05) is 19.1 Å². The van der Waals surface area contributed by atoms with E-state index in [0.29, 0.717) is 24.1 Å². The highest BCUT2D eigenvalue weighted by Gasteiger charge is 2.06. The molecule has 100 valence electrons. The van der Waals surface area contributed by atoms with Crippen molar-refractivity contribution < 1.29 is 9.13 Å². The van der Waals surface area contributed by atoms with E-state index in [9.17, 15) is 4.39 Å². The molecule has 2 rings (SSSR count). The van der Waals surface area contributed by atoms with Crippen LogP contribution in [0.15, 0.2) is 36.5 Å². The number of rotatable bonds is 5. The average molecular weight is 281 g/mol. The van der Waals surface area contributed by atoms with E-state index >= 15 is 0 Å². The lowest BCUT2D eigenvalue weighted by molar-refractivity contribution is 0.328. The third-order valence-electron chi connectivity index (χ3n) is 2.54. The SMILES string of the molecule is CCOc1ncccc1NCc1ccc(F)cc1Cl. The van der Waals surface area contributed by atoms with Crippen LogP contribution in [-0.2, 0) is 6.54 Å². The molecule has 0 aliphatic carbocycles. The Labute approximate surface area is 116 Å². The Balaban J connectivity index is 2.10. The Bertz CT molecular complexity index is 563. The van der Waals surface area contributed by atoms with E-state index in [1.165, 1.54) is 12.1 Å². The van der Waals surface area contributed by atoms with Gasteiger partial charge in [-0.2, -0.15) is 0 Å². The quantitative estimate of drug-likeness (QED) is 0.902. The number of halogens is 2. The van der Waals surface area contributed by atoms with E-state index in [2.05, 4.69) is 10.3 Å². The van der Waals surface area contributed by atoms with Gasteiger partial charge in [-0.25, -0.2) is 9.37 Å². The van der Waals surface area contributed by atoms with Gasteiger partial charge in [-0.05, 0) is 36.8 Å². The predicted octanol–water partition coefficient (Wildman–Crippen LogP) is 3.88. The van der Waals surface area contributed by atoms with E-state index < -0.39 is 0 Å². The number of aromatic nitrogens is 1. The lowest BCUT2D eigenvalue weighted by Crippen LogP contribution is -2.04. The largest absolute Gasteiger partial charge is 0.476 e. The van der Waals surface area contributed by atoms with Gasteiger partial charge in [0.2, 0.25) is 5.88 Å². The molecule has 0 amide bonds. The van der Waals surface area contributed by atoms with Gasteiger partial charge in [-0.3, -0.25) is 0 Å². The van der Waals surface area contributed by atoms with E-state index in [1.54, 1.807) is 12.3 Å². The van der Waals surface area contributed by atoms with Crippen LogP contribution in [0.1, 0.15) is 12.5 Å². The molecule has 0 radical (unpaired) electrons. The van der Waals surface area contributed by atoms with Crippen molar-refractivity contribution in [3.05, 3.63) is 52.9 Å². The molecule has 0 saturated carbocycles. The third kappa shape index (κ3) is 3.58. The zero-order chi connectivity index (χ0) is 13.7. The Morgan fingerprint density at radius 2 is 2.21 bits per heavy atom. The minimum absolute atomic E-state index is 0.342. The maximum absolute atomic E-state index is 12.9. The van der Waals surface area contributed by atoms with Crippen LogP contribution < -0.4 is 10.1 Å². The first-order valence-electron chi connectivity index (χ1n) is 5.96. The first kappa shape index (κ1) is 13.6. The smallest absolute Gasteiger partial charge is 0.237 e. The van der Waals surface area contributed by atoms with Gasteiger partial charge in [-0.1, -0.05) is 17.7 Å². The monoisotopic (exact) mass is 280 g/mol. The van der Waals surface area contributed by atoms with Gasteiger partial charge < -0.3 is 10.1 Å². The van der Waals surface area contributed by atoms with E-state index in [4.69, 9.17) is 16.3 Å². The van der Waals surface area contributed by atoms with Crippen molar-refractivity contribution in [1.29, 1.82) is 0 Å². The maximum Gasteiger partial charge on any atom is 0.237 e. The maximum atomic E-state index is 12.9. The fourth-order valence-corrected chi connectivity index (χ4v) is 1.87. The van der Waals surface area contributed by atoms with Crippen LogP contribution in [0, 0.1) is 5.82 Å². The summed E-state index contributed by atoms with van der Waals surface area (Å²) in [5.74, 6) is 0.202. The Morgan fingerprint density at radius 3 is 2.95 bits per heavy atom. The Morgan fingerprint density at radius 1 is 1.37 bits per heavy atom. The Kier molecular flexibility index (Phi) is 4.58. The average Bonchev–Trinajstić information content (AvgIpc) is 2.40. The molecule has 19 heavy (non-hydrogen) atoms. The summed E-state index contributed by atoms with van der Waals surface area (Å²) in [7, 11) is 0. The lowest BCUT2D eigenvalue weighted by Gasteiger charge is -2.11. The molecule has 3 nitrogen and oxygen atoms in total. The second kappa shape index (κ2) is 6.38. The molecule has 1 aromatic heterocycles. The van der Waals surface area contributed by atoms with Gasteiger partial charge in [0.1, 0.15) is 5.82 Å².